The molecule has 0 aliphatic rings. The van der Waals surface area contributed by atoms with Crippen LogP contribution < -0.4 is 5.32 Å². The van der Waals surface area contributed by atoms with Crippen LogP contribution >= 0.6 is 23.4 Å². The highest BCUT2D eigenvalue weighted by Gasteiger charge is 2.16. The number of aryl methyl sites for hydroxylation is 1. The SMILES string of the molecule is CCn1c(SCC(=O)Nc2ccc(C)c(Cl)c2)nnc1-c1ccco1. The first-order valence-electron chi connectivity index (χ1n) is 7.74. The summed E-state index contributed by atoms with van der Waals surface area (Å²) in [7, 11) is 0. The van der Waals surface area contributed by atoms with E-state index >= 15 is 0 Å². The topological polar surface area (TPSA) is 73.0 Å². The summed E-state index contributed by atoms with van der Waals surface area (Å²) in [5.74, 6) is 1.40. The van der Waals surface area contributed by atoms with Gasteiger partial charge in [-0.3, -0.25) is 9.36 Å². The fourth-order valence-electron chi connectivity index (χ4n) is 2.27. The minimum absolute atomic E-state index is 0.130. The van der Waals surface area contributed by atoms with Crippen LogP contribution in [-0.4, -0.2) is 26.4 Å². The summed E-state index contributed by atoms with van der Waals surface area (Å²) in [6.45, 7) is 4.59. The summed E-state index contributed by atoms with van der Waals surface area (Å²) in [4.78, 5) is 12.2. The second kappa shape index (κ2) is 7.76. The maximum Gasteiger partial charge on any atom is 0.234 e. The molecule has 0 saturated carbocycles. The average Bonchev–Trinajstić information content (AvgIpc) is 3.24. The molecular formula is C17H17ClN4O2S. The Bertz CT molecular complexity index is 877. The maximum absolute atomic E-state index is 12.2. The molecular weight excluding hydrogens is 360 g/mol. The zero-order valence-electron chi connectivity index (χ0n) is 13.8. The molecule has 0 aliphatic heterocycles. The number of rotatable bonds is 6. The van der Waals surface area contributed by atoms with Gasteiger partial charge in [-0.2, -0.15) is 0 Å². The van der Waals surface area contributed by atoms with Crippen molar-refractivity contribution >= 4 is 35.0 Å². The highest BCUT2D eigenvalue weighted by molar-refractivity contribution is 7.99. The van der Waals surface area contributed by atoms with E-state index in [1.165, 1.54) is 11.8 Å². The number of nitrogens with zero attached hydrogens (tertiary/aromatic N) is 3. The van der Waals surface area contributed by atoms with Crippen molar-refractivity contribution in [2.45, 2.75) is 25.5 Å². The Kier molecular flexibility index (Phi) is 5.45. The minimum atomic E-state index is -0.130. The molecule has 0 spiro atoms. The van der Waals surface area contributed by atoms with E-state index < -0.39 is 0 Å². The van der Waals surface area contributed by atoms with Crippen LogP contribution in [0.15, 0.2) is 46.2 Å². The Balaban J connectivity index is 1.65. The van der Waals surface area contributed by atoms with Crippen LogP contribution in [0.5, 0.6) is 0 Å². The molecule has 0 saturated heterocycles. The summed E-state index contributed by atoms with van der Waals surface area (Å²) in [6.07, 6.45) is 1.59. The zero-order valence-corrected chi connectivity index (χ0v) is 15.4. The smallest absolute Gasteiger partial charge is 0.234 e. The fraction of sp³-hybridized carbons (Fsp3) is 0.235. The molecule has 8 heteroatoms. The lowest BCUT2D eigenvalue weighted by Gasteiger charge is -2.08. The van der Waals surface area contributed by atoms with Crippen molar-refractivity contribution in [3.05, 3.63) is 47.2 Å². The molecule has 0 unspecified atom stereocenters. The monoisotopic (exact) mass is 376 g/mol. The van der Waals surface area contributed by atoms with Crippen molar-refractivity contribution in [2.75, 3.05) is 11.1 Å². The van der Waals surface area contributed by atoms with Crippen LogP contribution in [0.25, 0.3) is 11.6 Å². The summed E-state index contributed by atoms with van der Waals surface area (Å²) in [6, 6.07) is 9.07. The van der Waals surface area contributed by atoms with Crippen molar-refractivity contribution in [2.24, 2.45) is 0 Å². The van der Waals surface area contributed by atoms with Gasteiger partial charge in [-0.15, -0.1) is 10.2 Å². The number of carbonyl (C=O) groups excluding carboxylic acids is 1. The number of benzene rings is 1. The van der Waals surface area contributed by atoms with Gasteiger partial charge in [0.1, 0.15) is 0 Å². The van der Waals surface area contributed by atoms with Crippen molar-refractivity contribution < 1.29 is 9.21 Å². The van der Waals surface area contributed by atoms with Crippen LogP contribution in [-0.2, 0) is 11.3 Å². The minimum Gasteiger partial charge on any atom is -0.461 e. The third-order valence-electron chi connectivity index (χ3n) is 3.56. The Hall–Kier alpha value is -2.25. The van der Waals surface area contributed by atoms with Crippen molar-refractivity contribution in [1.82, 2.24) is 14.8 Å². The lowest BCUT2D eigenvalue weighted by Crippen LogP contribution is -2.14. The standard InChI is InChI=1S/C17H17ClN4O2S/c1-3-22-16(14-5-4-8-24-14)20-21-17(22)25-10-15(23)19-12-7-6-11(2)13(18)9-12/h4-9H,3,10H2,1-2H3,(H,19,23). The van der Waals surface area contributed by atoms with E-state index in [4.69, 9.17) is 16.0 Å². The third-order valence-corrected chi connectivity index (χ3v) is 4.94. The van der Waals surface area contributed by atoms with Crippen molar-refractivity contribution in [1.29, 1.82) is 0 Å². The summed E-state index contributed by atoms with van der Waals surface area (Å²) >= 11 is 7.40. The quantitative estimate of drug-likeness (QED) is 0.651. The number of thioether (sulfide) groups is 1. The molecule has 1 N–H and O–H groups in total. The molecule has 0 radical (unpaired) electrons. The number of amides is 1. The van der Waals surface area contributed by atoms with Gasteiger partial charge in [0.25, 0.3) is 0 Å². The van der Waals surface area contributed by atoms with E-state index in [9.17, 15) is 4.79 Å². The van der Waals surface area contributed by atoms with E-state index in [1.807, 2.05) is 36.6 Å². The second-order valence-corrected chi connectivity index (χ2v) is 6.68. The highest BCUT2D eigenvalue weighted by atomic mass is 35.5. The van der Waals surface area contributed by atoms with E-state index in [2.05, 4.69) is 15.5 Å². The molecule has 1 aromatic carbocycles. The van der Waals surface area contributed by atoms with Crippen LogP contribution in [0.3, 0.4) is 0 Å². The predicted octanol–water partition coefficient (Wildman–Crippen LogP) is 4.25. The Morgan fingerprint density at radius 2 is 2.20 bits per heavy atom. The molecule has 2 heterocycles. The zero-order chi connectivity index (χ0) is 17.8. The van der Waals surface area contributed by atoms with Crippen LogP contribution in [0.4, 0.5) is 5.69 Å². The molecule has 0 atom stereocenters. The van der Waals surface area contributed by atoms with Gasteiger partial charge in [0, 0.05) is 17.3 Å². The molecule has 0 aliphatic carbocycles. The van der Waals surface area contributed by atoms with E-state index in [0.29, 0.717) is 34.0 Å². The molecule has 2 aromatic heterocycles. The number of anilines is 1. The predicted molar refractivity (Wildman–Crippen MR) is 98.9 cm³/mol. The maximum atomic E-state index is 12.2. The Morgan fingerprint density at radius 3 is 2.88 bits per heavy atom. The normalized spacial score (nSPS) is 10.8. The largest absolute Gasteiger partial charge is 0.461 e. The highest BCUT2D eigenvalue weighted by Crippen LogP contribution is 2.25. The number of hydrogen-bond acceptors (Lipinski definition) is 5. The van der Waals surface area contributed by atoms with E-state index in [1.54, 1.807) is 18.4 Å². The summed E-state index contributed by atoms with van der Waals surface area (Å²) < 4.78 is 7.29. The molecule has 3 rings (SSSR count). The summed E-state index contributed by atoms with van der Waals surface area (Å²) in [5.41, 5.74) is 1.64. The number of hydrogen-bond donors (Lipinski definition) is 1. The third kappa shape index (κ3) is 4.05. The van der Waals surface area contributed by atoms with Gasteiger partial charge in [0.15, 0.2) is 16.7 Å². The van der Waals surface area contributed by atoms with Gasteiger partial charge in [-0.05, 0) is 43.7 Å². The lowest BCUT2D eigenvalue weighted by molar-refractivity contribution is -0.113. The molecule has 25 heavy (non-hydrogen) atoms. The molecule has 3 aromatic rings. The van der Waals surface area contributed by atoms with Gasteiger partial charge in [0.2, 0.25) is 5.91 Å². The van der Waals surface area contributed by atoms with Gasteiger partial charge < -0.3 is 9.73 Å². The van der Waals surface area contributed by atoms with Crippen molar-refractivity contribution in [3.8, 4) is 11.6 Å². The molecule has 1 amide bonds. The van der Waals surface area contributed by atoms with Gasteiger partial charge in [-0.1, -0.05) is 29.4 Å². The van der Waals surface area contributed by atoms with Crippen LogP contribution in [0, 0.1) is 6.92 Å². The van der Waals surface area contributed by atoms with E-state index in [0.717, 1.165) is 5.56 Å². The van der Waals surface area contributed by atoms with Gasteiger partial charge in [0.05, 0.1) is 12.0 Å². The summed E-state index contributed by atoms with van der Waals surface area (Å²) in [5, 5.41) is 12.5. The first kappa shape index (κ1) is 17.6. The lowest BCUT2D eigenvalue weighted by atomic mass is 10.2. The second-order valence-electron chi connectivity index (χ2n) is 5.33. The number of halogens is 1. The number of furan rings is 1. The van der Waals surface area contributed by atoms with Crippen molar-refractivity contribution in [3.63, 3.8) is 0 Å². The number of carbonyl (C=O) groups is 1. The number of nitrogens with one attached hydrogen (secondary N) is 1. The first-order valence-corrected chi connectivity index (χ1v) is 9.10. The number of aromatic nitrogens is 3. The van der Waals surface area contributed by atoms with Gasteiger partial charge in [-0.25, -0.2) is 0 Å². The average molecular weight is 377 g/mol. The molecule has 130 valence electrons. The molecule has 6 nitrogen and oxygen atoms in total. The fourth-order valence-corrected chi connectivity index (χ4v) is 3.25. The Labute approximate surface area is 154 Å². The Morgan fingerprint density at radius 1 is 1.36 bits per heavy atom. The van der Waals surface area contributed by atoms with Crippen LogP contribution in [0.1, 0.15) is 12.5 Å². The molecule has 0 bridgehead atoms. The molecule has 0 fully saturated rings. The van der Waals surface area contributed by atoms with E-state index in [-0.39, 0.29) is 11.7 Å². The van der Waals surface area contributed by atoms with Crippen LogP contribution in [0.2, 0.25) is 5.02 Å². The first-order chi connectivity index (χ1) is 12.1. The van der Waals surface area contributed by atoms with Gasteiger partial charge >= 0.3 is 0 Å².